The number of ether oxygens (including phenoxy) is 1. The molecule has 0 spiro atoms. The van der Waals surface area contributed by atoms with Crippen molar-refractivity contribution >= 4 is 17.7 Å². The fourth-order valence-electron chi connectivity index (χ4n) is 2.74. The number of hydrogen-bond acceptors (Lipinski definition) is 3. The van der Waals surface area contributed by atoms with Crippen LogP contribution < -0.4 is 0 Å². The van der Waals surface area contributed by atoms with E-state index in [9.17, 15) is 4.79 Å². The molecular weight excluding hydrogens is 276 g/mol. The molecule has 0 bridgehead atoms. The van der Waals surface area contributed by atoms with Crippen LogP contribution in [0.15, 0.2) is 24.4 Å². The molecule has 1 aromatic heterocycles. The summed E-state index contributed by atoms with van der Waals surface area (Å²) in [6.07, 6.45) is 9.84. The van der Waals surface area contributed by atoms with E-state index in [1.807, 2.05) is 27.0 Å². The third kappa shape index (κ3) is 3.21. The van der Waals surface area contributed by atoms with Gasteiger partial charge in [-0.2, -0.15) is 0 Å². The highest BCUT2D eigenvalue weighted by molar-refractivity contribution is 5.76. The number of aromatic nitrogens is 1. The van der Waals surface area contributed by atoms with Crippen LogP contribution in [0, 0.1) is 0 Å². The Bertz CT molecular complexity index is 654. The number of pyridine rings is 1. The molecule has 3 rings (SSSR count). The van der Waals surface area contributed by atoms with E-state index in [1.54, 1.807) is 4.90 Å². The van der Waals surface area contributed by atoms with Crippen LogP contribution in [-0.4, -0.2) is 34.7 Å². The van der Waals surface area contributed by atoms with Crippen LogP contribution >= 0.6 is 0 Å². The molecule has 1 amide bonds. The van der Waals surface area contributed by atoms with E-state index in [2.05, 4.69) is 29.3 Å². The Balaban J connectivity index is 1.73. The monoisotopic (exact) mass is 298 g/mol. The lowest BCUT2D eigenvalue weighted by molar-refractivity contribution is 0.0273. The molecule has 1 aliphatic carbocycles. The summed E-state index contributed by atoms with van der Waals surface area (Å²) in [7, 11) is 0. The van der Waals surface area contributed by atoms with Crippen molar-refractivity contribution in [3.63, 3.8) is 0 Å². The van der Waals surface area contributed by atoms with Crippen LogP contribution in [0.1, 0.15) is 44.0 Å². The standard InChI is InChI=1S/C18H22N2O2/c1-18(2,3)22-17(21)20-9-5-7-14(12-20)15-10-13-6-4-8-16(13)19-11-15/h4,7-8,10-11H,5-6,9,12H2,1-3H3. The maximum absolute atomic E-state index is 12.2. The normalized spacial score (nSPS) is 17.2. The summed E-state index contributed by atoms with van der Waals surface area (Å²) in [4.78, 5) is 18.5. The second-order valence-corrected chi connectivity index (χ2v) is 6.79. The van der Waals surface area contributed by atoms with E-state index in [-0.39, 0.29) is 6.09 Å². The van der Waals surface area contributed by atoms with Gasteiger partial charge in [0.1, 0.15) is 5.60 Å². The first-order valence-electron chi connectivity index (χ1n) is 7.75. The molecule has 0 aromatic carbocycles. The minimum Gasteiger partial charge on any atom is -0.444 e. The molecule has 1 aliphatic heterocycles. The molecule has 0 N–H and O–H groups in total. The van der Waals surface area contributed by atoms with Gasteiger partial charge in [-0.25, -0.2) is 4.79 Å². The van der Waals surface area contributed by atoms with Gasteiger partial charge in [-0.05, 0) is 62.5 Å². The van der Waals surface area contributed by atoms with Crippen molar-refractivity contribution in [2.24, 2.45) is 0 Å². The molecule has 4 heteroatoms. The second kappa shape index (κ2) is 5.59. The predicted octanol–water partition coefficient (Wildman–Crippen LogP) is 3.68. The summed E-state index contributed by atoms with van der Waals surface area (Å²) in [5, 5.41) is 0. The van der Waals surface area contributed by atoms with Gasteiger partial charge in [-0.3, -0.25) is 4.98 Å². The fourth-order valence-corrected chi connectivity index (χ4v) is 2.74. The van der Waals surface area contributed by atoms with Gasteiger partial charge in [0.05, 0.1) is 5.69 Å². The van der Waals surface area contributed by atoms with Gasteiger partial charge in [0.25, 0.3) is 0 Å². The molecule has 2 heterocycles. The molecule has 0 fully saturated rings. The Morgan fingerprint density at radius 1 is 1.36 bits per heavy atom. The largest absolute Gasteiger partial charge is 0.444 e. The molecule has 0 saturated heterocycles. The van der Waals surface area contributed by atoms with Gasteiger partial charge in [-0.15, -0.1) is 0 Å². The molecule has 116 valence electrons. The SMILES string of the molecule is CC(C)(C)OC(=O)N1CCC=C(c2cnc3c(c2)CC=C3)C1. The van der Waals surface area contributed by atoms with Crippen molar-refractivity contribution in [2.75, 3.05) is 13.1 Å². The number of rotatable bonds is 1. The first kappa shape index (κ1) is 14.8. The molecule has 0 atom stereocenters. The lowest BCUT2D eigenvalue weighted by Crippen LogP contribution is -2.39. The van der Waals surface area contributed by atoms with Gasteiger partial charge in [-0.1, -0.05) is 12.2 Å². The van der Waals surface area contributed by atoms with E-state index >= 15 is 0 Å². The highest BCUT2D eigenvalue weighted by atomic mass is 16.6. The van der Waals surface area contributed by atoms with Crippen LogP contribution in [0.2, 0.25) is 0 Å². The van der Waals surface area contributed by atoms with E-state index in [0.717, 1.165) is 29.7 Å². The maximum atomic E-state index is 12.2. The highest BCUT2D eigenvalue weighted by Crippen LogP contribution is 2.25. The molecule has 1 aromatic rings. The fraction of sp³-hybridized carbons (Fsp3) is 0.444. The third-order valence-electron chi connectivity index (χ3n) is 3.79. The average molecular weight is 298 g/mol. The van der Waals surface area contributed by atoms with Gasteiger partial charge in [0.2, 0.25) is 0 Å². The minimum absolute atomic E-state index is 0.242. The minimum atomic E-state index is -0.459. The topological polar surface area (TPSA) is 42.4 Å². The first-order chi connectivity index (χ1) is 10.4. The van der Waals surface area contributed by atoms with Gasteiger partial charge < -0.3 is 9.64 Å². The van der Waals surface area contributed by atoms with E-state index < -0.39 is 5.60 Å². The van der Waals surface area contributed by atoms with Crippen molar-refractivity contribution < 1.29 is 9.53 Å². The zero-order valence-electron chi connectivity index (χ0n) is 13.4. The van der Waals surface area contributed by atoms with Crippen molar-refractivity contribution in [1.82, 2.24) is 9.88 Å². The summed E-state index contributed by atoms with van der Waals surface area (Å²) in [6, 6.07) is 2.19. The number of carbonyl (C=O) groups excluding carboxylic acids is 1. The molecule has 0 saturated carbocycles. The van der Waals surface area contributed by atoms with Crippen molar-refractivity contribution in [2.45, 2.75) is 39.2 Å². The van der Waals surface area contributed by atoms with Crippen molar-refractivity contribution in [3.05, 3.63) is 41.2 Å². The summed E-state index contributed by atoms with van der Waals surface area (Å²) >= 11 is 0. The molecule has 4 nitrogen and oxygen atoms in total. The summed E-state index contributed by atoms with van der Waals surface area (Å²) in [5.74, 6) is 0. The van der Waals surface area contributed by atoms with E-state index in [0.29, 0.717) is 13.1 Å². The Labute approximate surface area is 131 Å². The molecule has 0 unspecified atom stereocenters. The number of amides is 1. The van der Waals surface area contributed by atoms with Gasteiger partial charge >= 0.3 is 6.09 Å². The lowest BCUT2D eigenvalue weighted by Gasteiger charge is -2.30. The molecule has 22 heavy (non-hydrogen) atoms. The van der Waals surface area contributed by atoms with E-state index in [4.69, 9.17) is 4.74 Å². The van der Waals surface area contributed by atoms with Crippen LogP contribution in [0.4, 0.5) is 4.79 Å². The van der Waals surface area contributed by atoms with Crippen LogP contribution in [0.25, 0.3) is 11.6 Å². The predicted molar refractivity (Wildman–Crippen MR) is 87.4 cm³/mol. The zero-order valence-corrected chi connectivity index (χ0v) is 13.4. The number of fused-ring (bicyclic) bond motifs is 1. The van der Waals surface area contributed by atoms with Gasteiger partial charge in [0, 0.05) is 19.3 Å². The van der Waals surface area contributed by atoms with Crippen LogP contribution in [0.5, 0.6) is 0 Å². The molecule has 2 aliphatic rings. The number of carbonyl (C=O) groups is 1. The molecule has 0 radical (unpaired) electrons. The Hall–Kier alpha value is -2.10. The van der Waals surface area contributed by atoms with E-state index in [1.165, 1.54) is 5.56 Å². The number of hydrogen-bond donors (Lipinski definition) is 0. The maximum Gasteiger partial charge on any atom is 0.410 e. The van der Waals surface area contributed by atoms with Gasteiger partial charge in [0.15, 0.2) is 0 Å². The van der Waals surface area contributed by atoms with Crippen LogP contribution in [-0.2, 0) is 11.2 Å². The van der Waals surface area contributed by atoms with Crippen LogP contribution in [0.3, 0.4) is 0 Å². The van der Waals surface area contributed by atoms with Crippen molar-refractivity contribution in [1.29, 1.82) is 0 Å². The second-order valence-electron chi connectivity index (χ2n) is 6.79. The Morgan fingerprint density at radius 2 is 2.18 bits per heavy atom. The average Bonchev–Trinajstić information content (AvgIpc) is 2.93. The first-order valence-corrected chi connectivity index (χ1v) is 7.75. The summed E-state index contributed by atoms with van der Waals surface area (Å²) in [5.41, 5.74) is 4.12. The Kier molecular flexibility index (Phi) is 3.77. The summed E-state index contributed by atoms with van der Waals surface area (Å²) in [6.45, 7) is 6.97. The number of nitrogens with zero attached hydrogens (tertiary/aromatic N) is 2. The quantitative estimate of drug-likeness (QED) is 0.794. The number of allylic oxidation sites excluding steroid dienone is 1. The molecular formula is C18H22N2O2. The third-order valence-corrected chi connectivity index (χ3v) is 3.79. The lowest BCUT2D eigenvalue weighted by atomic mass is 10.0. The van der Waals surface area contributed by atoms with Crippen molar-refractivity contribution in [3.8, 4) is 0 Å². The summed E-state index contributed by atoms with van der Waals surface area (Å²) < 4.78 is 5.47. The smallest absolute Gasteiger partial charge is 0.410 e. The Morgan fingerprint density at radius 3 is 2.95 bits per heavy atom. The zero-order chi connectivity index (χ0) is 15.7. The highest BCUT2D eigenvalue weighted by Gasteiger charge is 2.25.